The molecule has 6 nitrogen and oxygen atoms in total. The van der Waals surface area contributed by atoms with E-state index in [1.165, 1.54) is 6.07 Å². The average molecular weight is 259 g/mol. The number of carbonyl (C=O) groups excluding carboxylic acids is 1. The predicted octanol–water partition coefficient (Wildman–Crippen LogP) is 2.02. The highest BCUT2D eigenvalue weighted by molar-refractivity contribution is 5.73. The Hall–Kier alpha value is -2.42. The molecule has 0 aliphatic carbocycles. The molecule has 19 heavy (non-hydrogen) atoms. The second kappa shape index (κ2) is 5.48. The van der Waals surface area contributed by atoms with Gasteiger partial charge < -0.3 is 9.69 Å². The van der Waals surface area contributed by atoms with Crippen molar-refractivity contribution in [3.63, 3.8) is 0 Å². The van der Waals surface area contributed by atoms with Crippen LogP contribution < -0.4 is 4.90 Å². The number of carbonyl (C=O) groups is 1. The van der Waals surface area contributed by atoms with Crippen molar-refractivity contribution in [1.82, 2.24) is 0 Å². The van der Waals surface area contributed by atoms with Gasteiger partial charge in [-0.25, -0.2) is 0 Å². The quantitative estimate of drug-likeness (QED) is 0.471. The maximum absolute atomic E-state index is 11.1. The van der Waals surface area contributed by atoms with E-state index in [9.17, 15) is 14.9 Å². The summed E-state index contributed by atoms with van der Waals surface area (Å²) in [4.78, 5) is 23.4. The van der Waals surface area contributed by atoms with Crippen molar-refractivity contribution in [1.29, 1.82) is 5.26 Å². The number of piperidine rings is 1. The molecule has 98 valence electrons. The molecule has 1 unspecified atom stereocenters. The van der Waals surface area contributed by atoms with E-state index in [4.69, 9.17) is 5.26 Å². The lowest BCUT2D eigenvalue weighted by Crippen LogP contribution is -2.40. The van der Waals surface area contributed by atoms with Crippen LogP contribution in [0.4, 0.5) is 11.4 Å². The lowest BCUT2D eigenvalue weighted by atomic mass is 10.0. The Bertz CT molecular complexity index is 551. The number of hydrogen-bond acceptors (Lipinski definition) is 5. The summed E-state index contributed by atoms with van der Waals surface area (Å²) in [5.74, 6) is 0. The SMILES string of the molecule is N#Cc1ccc(N2CCCCC2C=O)c([N+](=O)[O-])c1. The van der Waals surface area contributed by atoms with Crippen LogP contribution in [-0.4, -0.2) is 23.8 Å². The number of anilines is 1. The van der Waals surface area contributed by atoms with E-state index < -0.39 is 4.92 Å². The molecule has 1 saturated heterocycles. The van der Waals surface area contributed by atoms with Gasteiger partial charge in [0.15, 0.2) is 0 Å². The van der Waals surface area contributed by atoms with Crippen LogP contribution >= 0.6 is 0 Å². The molecule has 0 radical (unpaired) electrons. The smallest absolute Gasteiger partial charge is 0.293 e. The highest BCUT2D eigenvalue weighted by Crippen LogP contribution is 2.33. The van der Waals surface area contributed by atoms with Crippen LogP contribution in [0.2, 0.25) is 0 Å². The van der Waals surface area contributed by atoms with Crippen LogP contribution in [0, 0.1) is 21.4 Å². The number of benzene rings is 1. The third kappa shape index (κ3) is 2.55. The number of hydrogen-bond donors (Lipinski definition) is 0. The van der Waals surface area contributed by atoms with Crippen LogP contribution in [0.25, 0.3) is 0 Å². The summed E-state index contributed by atoms with van der Waals surface area (Å²) in [5.41, 5.74) is 0.545. The summed E-state index contributed by atoms with van der Waals surface area (Å²) in [6.07, 6.45) is 3.40. The van der Waals surface area contributed by atoms with E-state index in [1.807, 2.05) is 6.07 Å². The largest absolute Gasteiger partial charge is 0.356 e. The molecule has 1 fully saturated rings. The van der Waals surface area contributed by atoms with Crippen molar-refractivity contribution in [3.8, 4) is 6.07 Å². The van der Waals surface area contributed by atoms with Gasteiger partial charge in [-0.3, -0.25) is 10.1 Å². The van der Waals surface area contributed by atoms with E-state index in [0.29, 0.717) is 18.7 Å². The Labute approximate surface area is 110 Å². The summed E-state index contributed by atoms with van der Waals surface area (Å²) in [5, 5.41) is 19.9. The summed E-state index contributed by atoms with van der Waals surface area (Å²) in [7, 11) is 0. The topological polar surface area (TPSA) is 87.2 Å². The second-order valence-electron chi connectivity index (χ2n) is 4.47. The molecule has 1 heterocycles. The van der Waals surface area contributed by atoms with E-state index in [2.05, 4.69) is 0 Å². The zero-order valence-corrected chi connectivity index (χ0v) is 10.3. The fourth-order valence-corrected chi connectivity index (χ4v) is 2.38. The number of nitriles is 1. The average Bonchev–Trinajstić information content (AvgIpc) is 2.46. The standard InChI is InChI=1S/C13H13N3O3/c14-8-10-4-5-12(13(7-10)16(18)19)15-6-2-1-3-11(15)9-17/h4-5,7,9,11H,1-3,6H2. The van der Waals surface area contributed by atoms with Gasteiger partial charge in [-0.05, 0) is 31.4 Å². The minimum absolute atomic E-state index is 0.118. The highest BCUT2D eigenvalue weighted by Gasteiger charge is 2.27. The van der Waals surface area contributed by atoms with Crippen molar-refractivity contribution in [2.24, 2.45) is 0 Å². The van der Waals surface area contributed by atoms with Crippen molar-refractivity contribution in [2.45, 2.75) is 25.3 Å². The number of rotatable bonds is 3. The fraction of sp³-hybridized carbons (Fsp3) is 0.385. The number of nitro benzene ring substituents is 1. The van der Waals surface area contributed by atoms with Crippen molar-refractivity contribution in [3.05, 3.63) is 33.9 Å². The molecule has 6 heteroatoms. The lowest BCUT2D eigenvalue weighted by Gasteiger charge is -2.33. The molecule has 0 spiro atoms. The van der Waals surface area contributed by atoms with E-state index in [-0.39, 0.29) is 17.3 Å². The Morgan fingerprint density at radius 2 is 2.26 bits per heavy atom. The first-order valence-electron chi connectivity index (χ1n) is 6.08. The van der Waals surface area contributed by atoms with Crippen molar-refractivity contribution < 1.29 is 9.72 Å². The minimum atomic E-state index is -0.507. The van der Waals surface area contributed by atoms with E-state index >= 15 is 0 Å². The molecule has 1 aliphatic rings. The third-order valence-electron chi connectivity index (χ3n) is 3.32. The van der Waals surface area contributed by atoms with E-state index in [1.54, 1.807) is 17.0 Å². The molecule has 0 aromatic heterocycles. The first-order chi connectivity index (χ1) is 9.17. The lowest BCUT2D eigenvalue weighted by molar-refractivity contribution is -0.384. The maximum atomic E-state index is 11.1. The normalized spacial score (nSPS) is 18.7. The molecule has 1 atom stereocenters. The van der Waals surface area contributed by atoms with Crippen LogP contribution in [0.15, 0.2) is 18.2 Å². The number of nitro groups is 1. The molecular formula is C13H13N3O3. The van der Waals surface area contributed by atoms with Crippen LogP contribution in [0.1, 0.15) is 24.8 Å². The van der Waals surface area contributed by atoms with Gasteiger partial charge in [0.2, 0.25) is 0 Å². The highest BCUT2D eigenvalue weighted by atomic mass is 16.6. The van der Waals surface area contributed by atoms with Gasteiger partial charge in [-0.1, -0.05) is 0 Å². The summed E-state index contributed by atoms with van der Waals surface area (Å²) in [6, 6.07) is 5.92. The number of nitrogens with zero attached hydrogens (tertiary/aromatic N) is 3. The molecule has 0 amide bonds. The summed E-state index contributed by atoms with van der Waals surface area (Å²) in [6.45, 7) is 0.621. The molecular weight excluding hydrogens is 246 g/mol. The zero-order valence-electron chi connectivity index (χ0n) is 10.3. The third-order valence-corrected chi connectivity index (χ3v) is 3.32. The fourth-order valence-electron chi connectivity index (χ4n) is 2.38. The van der Waals surface area contributed by atoms with Gasteiger partial charge in [0.25, 0.3) is 5.69 Å². The molecule has 1 aliphatic heterocycles. The first-order valence-corrected chi connectivity index (χ1v) is 6.08. The van der Waals surface area contributed by atoms with Crippen molar-refractivity contribution in [2.75, 3.05) is 11.4 Å². The second-order valence-corrected chi connectivity index (χ2v) is 4.47. The predicted molar refractivity (Wildman–Crippen MR) is 68.9 cm³/mol. The van der Waals surface area contributed by atoms with Gasteiger partial charge in [0, 0.05) is 12.6 Å². The summed E-state index contributed by atoms with van der Waals surface area (Å²) >= 11 is 0. The van der Waals surface area contributed by atoms with Gasteiger partial charge in [-0.2, -0.15) is 5.26 Å². The molecule has 0 saturated carbocycles. The van der Waals surface area contributed by atoms with Gasteiger partial charge in [0.05, 0.1) is 22.6 Å². The van der Waals surface area contributed by atoms with Crippen LogP contribution in [0.5, 0.6) is 0 Å². The van der Waals surface area contributed by atoms with Crippen molar-refractivity contribution >= 4 is 17.7 Å². The molecule has 0 bridgehead atoms. The maximum Gasteiger partial charge on any atom is 0.293 e. The molecule has 1 aromatic rings. The van der Waals surface area contributed by atoms with Gasteiger partial charge >= 0.3 is 0 Å². The Balaban J connectivity index is 2.45. The monoisotopic (exact) mass is 259 g/mol. The molecule has 0 N–H and O–H groups in total. The Morgan fingerprint density at radius 3 is 2.89 bits per heavy atom. The zero-order chi connectivity index (χ0) is 13.8. The number of aldehydes is 1. The minimum Gasteiger partial charge on any atom is -0.356 e. The van der Waals surface area contributed by atoms with Crippen LogP contribution in [-0.2, 0) is 4.79 Å². The Morgan fingerprint density at radius 1 is 1.47 bits per heavy atom. The summed E-state index contributed by atoms with van der Waals surface area (Å²) < 4.78 is 0. The van der Waals surface area contributed by atoms with Gasteiger partial charge in [0.1, 0.15) is 12.0 Å². The van der Waals surface area contributed by atoms with E-state index in [0.717, 1.165) is 19.1 Å². The van der Waals surface area contributed by atoms with Gasteiger partial charge in [-0.15, -0.1) is 0 Å². The first kappa shape index (κ1) is 13.0. The Kier molecular flexibility index (Phi) is 3.76. The molecule has 2 rings (SSSR count). The molecule has 1 aromatic carbocycles. The van der Waals surface area contributed by atoms with Crippen LogP contribution in [0.3, 0.4) is 0 Å².